The molecule has 1 aliphatic heterocycles. The molecule has 3 N–H and O–H groups in total. The zero-order valence-corrected chi connectivity index (χ0v) is 14.8. The van der Waals surface area contributed by atoms with E-state index in [1.807, 2.05) is 0 Å². The summed E-state index contributed by atoms with van der Waals surface area (Å²) in [6, 6.07) is -0.708. The molecule has 1 saturated heterocycles. The number of carbonyl (C=O) groups is 2. The second-order valence-corrected chi connectivity index (χ2v) is 6.38. The zero-order chi connectivity index (χ0) is 17.8. The van der Waals surface area contributed by atoms with Crippen LogP contribution < -0.4 is 5.84 Å². The minimum Gasteiger partial charge on any atom is -0.464 e. The number of nitrogens with zero attached hydrogens (tertiary/aromatic N) is 1. The number of amides is 1. The van der Waals surface area contributed by atoms with Gasteiger partial charge in [0.05, 0.1) is 19.1 Å². The quantitative estimate of drug-likeness (QED) is 0.142. The second-order valence-electron chi connectivity index (χ2n) is 6.38. The van der Waals surface area contributed by atoms with E-state index in [0.29, 0.717) is 12.8 Å². The molecule has 24 heavy (non-hydrogen) atoms. The first kappa shape index (κ1) is 20.6. The summed E-state index contributed by atoms with van der Waals surface area (Å²) in [4.78, 5) is 23.4. The number of carbonyl (C=O) groups excluding carboxylic acids is 2. The SMILES string of the molecule is CCCCCCC=CCCCC(O)CC(=O)N(N)C1CCOC1=O. The minimum atomic E-state index is -0.723. The molecule has 0 aromatic carbocycles. The van der Waals surface area contributed by atoms with Crippen LogP contribution >= 0.6 is 0 Å². The van der Waals surface area contributed by atoms with E-state index >= 15 is 0 Å². The lowest BCUT2D eigenvalue weighted by molar-refractivity contribution is -0.149. The van der Waals surface area contributed by atoms with Crippen molar-refractivity contribution in [1.29, 1.82) is 0 Å². The highest BCUT2D eigenvalue weighted by molar-refractivity contribution is 5.85. The molecular formula is C18H32N2O4. The summed E-state index contributed by atoms with van der Waals surface area (Å²) in [5, 5.41) is 10.8. The first-order valence-corrected chi connectivity index (χ1v) is 9.12. The van der Waals surface area contributed by atoms with Crippen LogP contribution in [0.1, 0.15) is 71.1 Å². The zero-order valence-electron chi connectivity index (χ0n) is 14.8. The number of aliphatic hydroxyl groups excluding tert-OH is 1. The van der Waals surface area contributed by atoms with E-state index in [4.69, 9.17) is 10.6 Å². The van der Waals surface area contributed by atoms with Crippen LogP contribution in [0.2, 0.25) is 0 Å². The maximum atomic E-state index is 12.0. The molecule has 1 aliphatic rings. The number of nitrogens with two attached hydrogens (primary N) is 1. The normalized spacial score (nSPS) is 18.8. The predicted octanol–water partition coefficient (Wildman–Crippen LogP) is 2.45. The highest BCUT2D eigenvalue weighted by atomic mass is 16.5. The van der Waals surface area contributed by atoms with Gasteiger partial charge in [-0.3, -0.25) is 9.80 Å². The summed E-state index contributed by atoms with van der Waals surface area (Å²) in [7, 11) is 0. The third-order valence-corrected chi connectivity index (χ3v) is 4.24. The van der Waals surface area contributed by atoms with Gasteiger partial charge in [0.2, 0.25) is 5.91 Å². The van der Waals surface area contributed by atoms with Gasteiger partial charge >= 0.3 is 5.97 Å². The number of aliphatic hydroxyl groups is 1. The monoisotopic (exact) mass is 340 g/mol. The van der Waals surface area contributed by atoms with Gasteiger partial charge in [0.25, 0.3) is 0 Å². The molecule has 0 aliphatic carbocycles. The van der Waals surface area contributed by atoms with Gasteiger partial charge in [0.15, 0.2) is 0 Å². The Hall–Kier alpha value is -1.40. The van der Waals surface area contributed by atoms with Crippen LogP contribution in [0.4, 0.5) is 0 Å². The molecule has 6 heteroatoms. The predicted molar refractivity (Wildman–Crippen MR) is 92.8 cm³/mol. The second kappa shape index (κ2) is 12.0. The molecule has 0 aromatic rings. The van der Waals surface area contributed by atoms with E-state index in [0.717, 1.165) is 24.3 Å². The van der Waals surface area contributed by atoms with Crippen LogP contribution in [-0.2, 0) is 14.3 Å². The van der Waals surface area contributed by atoms with Crippen LogP contribution in [-0.4, -0.2) is 40.7 Å². The molecule has 0 radical (unpaired) electrons. The lowest BCUT2D eigenvalue weighted by Crippen LogP contribution is -2.48. The number of hydrogen-bond acceptors (Lipinski definition) is 5. The number of rotatable bonds is 12. The van der Waals surface area contributed by atoms with E-state index in [-0.39, 0.29) is 13.0 Å². The van der Waals surface area contributed by atoms with E-state index in [1.54, 1.807) is 0 Å². The Balaban J connectivity index is 2.10. The van der Waals surface area contributed by atoms with Crippen molar-refractivity contribution < 1.29 is 19.4 Å². The molecule has 2 atom stereocenters. The lowest BCUT2D eigenvalue weighted by atomic mass is 10.1. The fourth-order valence-corrected chi connectivity index (χ4v) is 2.72. The number of allylic oxidation sites excluding steroid dienone is 2. The Morgan fingerprint density at radius 3 is 2.67 bits per heavy atom. The van der Waals surface area contributed by atoms with Gasteiger partial charge in [0, 0.05) is 6.42 Å². The van der Waals surface area contributed by atoms with Crippen molar-refractivity contribution in [3.63, 3.8) is 0 Å². The number of unbranched alkanes of at least 4 members (excludes halogenated alkanes) is 5. The van der Waals surface area contributed by atoms with Crippen molar-refractivity contribution in [3.8, 4) is 0 Å². The molecule has 0 saturated carbocycles. The van der Waals surface area contributed by atoms with Crippen molar-refractivity contribution >= 4 is 11.9 Å². The summed E-state index contributed by atoms with van der Waals surface area (Å²) in [6.45, 7) is 2.49. The summed E-state index contributed by atoms with van der Waals surface area (Å²) < 4.78 is 4.79. The largest absolute Gasteiger partial charge is 0.464 e. The van der Waals surface area contributed by atoms with Crippen molar-refractivity contribution in [2.75, 3.05) is 6.61 Å². The molecule has 0 aromatic heterocycles. The maximum Gasteiger partial charge on any atom is 0.330 e. The number of hydrazine groups is 1. The molecule has 138 valence electrons. The van der Waals surface area contributed by atoms with E-state index in [9.17, 15) is 14.7 Å². The highest BCUT2D eigenvalue weighted by Gasteiger charge is 2.34. The summed E-state index contributed by atoms with van der Waals surface area (Å²) in [5.41, 5.74) is 0. The van der Waals surface area contributed by atoms with Gasteiger partial charge < -0.3 is 9.84 Å². The molecule has 0 spiro atoms. The Labute approximate surface area is 145 Å². The smallest absolute Gasteiger partial charge is 0.330 e. The van der Waals surface area contributed by atoms with E-state index in [1.165, 1.54) is 25.7 Å². The number of esters is 1. The van der Waals surface area contributed by atoms with Crippen LogP contribution in [0, 0.1) is 0 Å². The first-order valence-electron chi connectivity index (χ1n) is 9.12. The first-order chi connectivity index (χ1) is 11.6. The van der Waals surface area contributed by atoms with Crippen molar-refractivity contribution in [1.82, 2.24) is 5.01 Å². The maximum absolute atomic E-state index is 12.0. The number of hydrogen-bond donors (Lipinski definition) is 2. The topological polar surface area (TPSA) is 92.9 Å². The van der Waals surface area contributed by atoms with E-state index < -0.39 is 24.0 Å². The summed E-state index contributed by atoms with van der Waals surface area (Å²) >= 11 is 0. The molecule has 0 bridgehead atoms. The Kier molecular flexibility index (Phi) is 10.4. The average Bonchev–Trinajstić information content (AvgIpc) is 2.98. The van der Waals surface area contributed by atoms with Gasteiger partial charge in [-0.05, 0) is 32.1 Å². The summed E-state index contributed by atoms with van der Waals surface area (Å²) in [5.74, 6) is 4.78. The van der Waals surface area contributed by atoms with Gasteiger partial charge in [-0.25, -0.2) is 10.6 Å². The lowest BCUT2D eigenvalue weighted by Gasteiger charge is -2.21. The van der Waals surface area contributed by atoms with Gasteiger partial charge in [0.1, 0.15) is 6.04 Å². The van der Waals surface area contributed by atoms with Crippen molar-refractivity contribution in [2.45, 2.75) is 83.3 Å². The fourth-order valence-electron chi connectivity index (χ4n) is 2.72. The Bertz CT molecular complexity index is 412. The fraction of sp³-hybridized carbons (Fsp3) is 0.778. The Morgan fingerprint density at radius 2 is 2.04 bits per heavy atom. The molecule has 1 fully saturated rings. The van der Waals surface area contributed by atoms with Crippen LogP contribution in [0.5, 0.6) is 0 Å². The number of cyclic esters (lactones) is 1. The van der Waals surface area contributed by atoms with Crippen LogP contribution in [0.25, 0.3) is 0 Å². The van der Waals surface area contributed by atoms with Crippen molar-refractivity contribution in [2.24, 2.45) is 5.84 Å². The van der Waals surface area contributed by atoms with Crippen molar-refractivity contribution in [3.05, 3.63) is 12.2 Å². The number of ether oxygens (including phenoxy) is 1. The van der Waals surface area contributed by atoms with E-state index in [2.05, 4.69) is 19.1 Å². The van der Waals surface area contributed by atoms with Crippen LogP contribution in [0.3, 0.4) is 0 Å². The molecule has 2 unspecified atom stereocenters. The Morgan fingerprint density at radius 1 is 1.33 bits per heavy atom. The molecule has 6 nitrogen and oxygen atoms in total. The summed E-state index contributed by atoms with van der Waals surface area (Å²) in [6.07, 6.45) is 12.4. The highest BCUT2D eigenvalue weighted by Crippen LogP contribution is 2.14. The third-order valence-electron chi connectivity index (χ3n) is 4.24. The van der Waals surface area contributed by atoms with Gasteiger partial charge in [-0.2, -0.15) is 0 Å². The molecule has 1 heterocycles. The van der Waals surface area contributed by atoms with Crippen LogP contribution in [0.15, 0.2) is 12.2 Å². The molecule has 1 rings (SSSR count). The molecular weight excluding hydrogens is 308 g/mol. The third kappa shape index (κ3) is 7.93. The minimum absolute atomic E-state index is 0.0546. The average molecular weight is 340 g/mol. The van der Waals surface area contributed by atoms with Gasteiger partial charge in [-0.15, -0.1) is 0 Å². The molecule has 1 amide bonds. The standard InChI is InChI=1S/C18H32N2O4/c1-2-3-4-5-6-7-8-9-10-11-15(21)14-17(22)20(19)16-12-13-24-18(16)23/h7-8,15-16,21H,2-6,9-14,19H2,1H3. The van der Waals surface area contributed by atoms with Gasteiger partial charge in [-0.1, -0.05) is 38.3 Å².